The highest BCUT2D eigenvalue weighted by molar-refractivity contribution is 7.52. The number of rotatable bonds is 17. The molecule has 0 saturated carbocycles. The molecule has 12 nitrogen and oxygen atoms in total. The maximum absolute atomic E-state index is 12.5. The topological polar surface area (TPSA) is 161 Å². The average molecular weight is 542 g/mol. The van der Waals surface area contributed by atoms with Gasteiger partial charge in [0.2, 0.25) is 0 Å². The predicted molar refractivity (Wildman–Crippen MR) is 133 cm³/mol. The third kappa shape index (κ3) is 10.9. The molecule has 0 heterocycles. The molecule has 0 aliphatic carbocycles. The van der Waals surface area contributed by atoms with Crippen LogP contribution in [-0.4, -0.2) is 37.6 Å². The van der Waals surface area contributed by atoms with Gasteiger partial charge in [-0.1, -0.05) is 46.9 Å². The molecule has 2 atom stereocenters. The van der Waals surface area contributed by atoms with Crippen LogP contribution >= 0.6 is 15.5 Å². The number of aliphatic hydroxyl groups excluding tert-OH is 2. The van der Waals surface area contributed by atoms with E-state index in [0.29, 0.717) is 24.2 Å². The maximum Gasteiger partial charge on any atom is 0.471 e. The van der Waals surface area contributed by atoms with Crippen LogP contribution in [0.4, 0.5) is 11.4 Å². The lowest BCUT2D eigenvalue weighted by atomic mass is 10.2. The smallest absolute Gasteiger partial charge is 0.392 e. The van der Waals surface area contributed by atoms with Crippen LogP contribution in [-0.2, 0) is 40.4 Å². The molecule has 0 saturated heterocycles. The van der Waals surface area contributed by atoms with Crippen molar-refractivity contribution >= 4 is 26.9 Å². The summed E-state index contributed by atoms with van der Waals surface area (Å²) in [5.41, 5.74) is 2.37. The molecule has 36 heavy (non-hydrogen) atoms. The second kappa shape index (κ2) is 15.9. The van der Waals surface area contributed by atoms with E-state index < -0.39 is 15.5 Å². The molecular weight excluding hydrogens is 510 g/mol. The second-order valence-corrected chi connectivity index (χ2v) is 10.9. The number of aliphatic hydroxyl groups is 2. The van der Waals surface area contributed by atoms with Gasteiger partial charge in [-0.3, -0.25) is 18.1 Å². The van der Waals surface area contributed by atoms with Crippen molar-refractivity contribution < 1.29 is 37.4 Å². The predicted octanol–water partition coefficient (Wildman–Crippen LogP) is 6.64. The van der Waals surface area contributed by atoms with Crippen LogP contribution in [0.1, 0.15) is 36.8 Å². The zero-order chi connectivity index (χ0) is 26.3. The van der Waals surface area contributed by atoms with E-state index in [9.17, 15) is 9.13 Å². The summed E-state index contributed by atoms with van der Waals surface area (Å²) < 4.78 is 45.4. The van der Waals surface area contributed by atoms with Gasteiger partial charge in [0.05, 0.1) is 37.8 Å². The SMILES string of the molecule is COP(=O)(N=Nc1ccc(CO)cc1)OCCCCCCOP(=O)(N=Nc1ccc(CO)cc1)OC. The van der Waals surface area contributed by atoms with Gasteiger partial charge in [-0.25, -0.2) is 9.13 Å². The van der Waals surface area contributed by atoms with E-state index in [-0.39, 0.29) is 26.4 Å². The Morgan fingerprint density at radius 3 is 1.31 bits per heavy atom. The first kappa shape index (κ1) is 30.1. The number of benzene rings is 2. The molecule has 0 amide bonds. The van der Waals surface area contributed by atoms with Gasteiger partial charge in [0.15, 0.2) is 0 Å². The number of hydrogen-bond donors (Lipinski definition) is 2. The van der Waals surface area contributed by atoms with Gasteiger partial charge in [-0.2, -0.15) is 0 Å². The van der Waals surface area contributed by atoms with E-state index in [0.717, 1.165) is 24.0 Å². The molecule has 2 aromatic rings. The monoisotopic (exact) mass is 542 g/mol. The van der Waals surface area contributed by atoms with Crippen LogP contribution in [0.3, 0.4) is 0 Å². The molecule has 198 valence electrons. The summed E-state index contributed by atoms with van der Waals surface area (Å²) >= 11 is 0. The molecule has 2 aromatic carbocycles. The van der Waals surface area contributed by atoms with Gasteiger partial charge in [0.25, 0.3) is 0 Å². The molecule has 0 spiro atoms. The summed E-state index contributed by atoms with van der Waals surface area (Å²) in [4.78, 5) is 7.42. The fourth-order valence-electron chi connectivity index (χ4n) is 2.70. The molecule has 14 heteroatoms. The molecule has 2 rings (SSSR count). The molecular formula is C22H32N4O8P2. The van der Waals surface area contributed by atoms with Crippen molar-refractivity contribution in [3.8, 4) is 0 Å². The van der Waals surface area contributed by atoms with E-state index in [1.165, 1.54) is 14.2 Å². The minimum atomic E-state index is -3.71. The second-order valence-electron chi connectivity index (χ2n) is 7.41. The lowest BCUT2D eigenvalue weighted by Gasteiger charge is -2.11. The summed E-state index contributed by atoms with van der Waals surface area (Å²) in [6.07, 6.45) is 2.67. The van der Waals surface area contributed by atoms with Crippen molar-refractivity contribution in [1.29, 1.82) is 0 Å². The van der Waals surface area contributed by atoms with E-state index in [1.54, 1.807) is 48.5 Å². The van der Waals surface area contributed by atoms with Crippen LogP contribution < -0.4 is 0 Å². The summed E-state index contributed by atoms with van der Waals surface area (Å²) in [5.74, 6) is 0. The van der Waals surface area contributed by atoms with Crippen LogP contribution in [0, 0.1) is 0 Å². The Labute approximate surface area is 210 Å². The third-order valence-electron chi connectivity index (χ3n) is 4.79. The van der Waals surface area contributed by atoms with Gasteiger partial charge in [0, 0.05) is 14.2 Å². The van der Waals surface area contributed by atoms with Gasteiger partial charge in [-0.15, -0.1) is 10.2 Å². The summed E-state index contributed by atoms with van der Waals surface area (Å²) in [6, 6.07) is 13.3. The Hall–Kier alpha value is -2.14. The quantitative estimate of drug-likeness (QED) is 0.128. The lowest BCUT2D eigenvalue weighted by molar-refractivity contribution is 0.218. The van der Waals surface area contributed by atoms with Crippen molar-refractivity contribution in [3.63, 3.8) is 0 Å². The van der Waals surface area contributed by atoms with Crippen LogP contribution in [0.5, 0.6) is 0 Å². The Morgan fingerprint density at radius 2 is 1.00 bits per heavy atom. The van der Waals surface area contributed by atoms with Crippen molar-refractivity contribution in [2.24, 2.45) is 20.0 Å². The lowest BCUT2D eigenvalue weighted by Crippen LogP contribution is -1.96. The zero-order valence-electron chi connectivity index (χ0n) is 20.3. The van der Waals surface area contributed by atoms with E-state index in [4.69, 9.17) is 28.3 Å². The van der Waals surface area contributed by atoms with Crippen LogP contribution in [0.15, 0.2) is 68.5 Å². The largest absolute Gasteiger partial charge is 0.471 e. The van der Waals surface area contributed by atoms with Crippen molar-refractivity contribution in [2.75, 3.05) is 27.4 Å². The minimum Gasteiger partial charge on any atom is -0.392 e. The molecule has 0 aromatic heterocycles. The Balaban J connectivity index is 1.67. The van der Waals surface area contributed by atoms with Crippen molar-refractivity contribution in [2.45, 2.75) is 38.9 Å². The summed E-state index contributed by atoms with van der Waals surface area (Å²) in [5, 5.41) is 25.9. The Bertz CT molecular complexity index is 979. The third-order valence-corrected chi connectivity index (χ3v) is 7.34. The highest BCUT2D eigenvalue weighted by Crippen LogP contribution is 2.51. The standard InChI is InChI=1S/C22H32N4O8P2/c1-31-35(29,25-23-21-11-7-19(17-27)8-12-21)33-15-5-3-4-6-16-34-36(30,32-2)26-24-22-13-9-20(18-28)10-14-22/h7-14,27-28H,3-6,15-18H2,1-2H3. The molecule has 0 fully saturated rings. The normalized spacial score (nSPS) is 15.3. The van der Waals surface area contributed by atoms with Crippen molar-refractivity contribution in [3.05, 3.63) is 59.7 Å². The number of hydrogen-bond acceptors (Lipinski definition) is 10. The molecule has 2 unspecified atom stereocenters. The van der Waals surface area contributed by atoms with Crippen LogP contribution in [0.2, 0.25) is 0 Å². The summed E-state index contributed by atoms with van der Waals surface area (Å²) in [7, 11) is -4.95. The fourth-order valence-corrected chi connectivity index (χ4v) is 4.30. The average Bonchev–Trinajstić information content (AvgIpc) is 2.92. The fraction of sp³-hybridized carbons (Fsp3) is 0.455. The van der Waals surface area contributed by atoms with Gasteiger partial charge in [-0.05, 0) is 48.2 Å². The molecule has 0 aliphatic heterocycles. The molecule has 0 aliphatic rings. The van der Waals surface area contributed by atoms with Gasteiger partial charge in [0.1, 0.15) is 0 Å². The molecule has 0 radical (unpaired) electrons. The minimum absolute atomic E-state index is 0.0816. The Morgan fingerprint density at radius 1 is 0.639 bits per heavy atom. The van der Waals surface area contributed by atoms with E-state index in [2.05, 4.69) is 20.0 Å². The first-order valence-corrected chi connectivity index (χ1v) is 14.2. The van der Waals surface area contributed by atoms with Crippen molar-refractivity contribution in [1.82, 2.24) is 0 Å². The van der Waals surface area contributed by atoms with Gasteiger partial charge < -0.3 is 10.2 Å². The molecule has 0 bridgehead atoms. The highest BCUT2D eigenvalue weighted by atomic mass is 31.2. The first-order chi connectivity index (χ1) is 17.3. The van der Waals surface area contributed by atoms with E-state index in [1.807, 2.05) is 0 Å². The number of nitrogens with zero attached hydrogens (tertiary/aromatic N) is 4. The summed E-state index contributed by atoms with van der Waals surface area (Å²) in [6.45, 7) is 0.159. The number of unbranched alkanes of at least 4 members (excludes halogenated alkanes) is 3. The van der Waals surface area contributed by atoms with Crippen LogP contribution in [0.25, 0.3) is 0 Å². The first-order valence-electron chi connectivity index (χ1n) is 11.2. The molecule has 2 N–H and O–H groups in total. The maximum atomic E-state index is 12.5. The highest BCUT2D eigenvalue weighted by Gasteiger charge is 2.23. The zero-order valence-corrected chi connectivity index (χ0v) is 22.1. The Kier molecular flexibility index (Phi) is 13.3. The van der Waals surface area contributed by atoms with Gasteiger partial charge >= 0.3 is 15.5 Å². The van der Waals surface area contributed by atoms with E-state index >= 15 is 0 Å².